The average Bonchev–Trinajstić information content (AvgIpc) is 3.42. The van der Waals surface area contributed by atoms with E-state index in [2.05, 4.69) is 29.2 Å². The van der Waals surface area contributed by atoms with Crippen LogP contribution in [0.15, 0.2) is 42.5 Å². The number of nitrogens with zero attached hydrogens (tertiary/aromatic N) is 3. The molecule has 2 aromatic rings. The third-order valence-electron chi connectivity index (χ3n) is 13.3. The molecular formula is C44H63N3O10. The highest BCUT2D eigenvalue weighted by Crippen LogP contribution is 2.44. The molecule has 2 aromatic carbocycles. The van der Waals surface area contributed by atoms with Crippen molar-refractivity contribution in [3.05, 3.63) is 48.0 Å². The molecule has 0 aromatic heterocycles. The van der Waals surface area contributed by atoms with Gasteiger partial charge in [0.2, 0.25) is 0 Å². The zero-order chi connectivity index (χ0) is 41.7. The van der Waals surface area contributed by atoms with E-state index in [0.29, 0.717) is 26.1 Å². The fraction of sp³-hybridized carbons (Fsp3) is 0.682. The first kappa shape index (κ1) is 43.1. The first-order valence-electron chi connectivity index (χ1n) is 20.6. The molecule has 13 heteroatoms. The Morgan fingerprint density at radius 2 is 1.60 bits per heavy atom. The second-order valence-electron chi connectivity index (χ2n) is 17.9. The minimum absolute atomic E-state index is 0.107. The number of ether oxygens (including phenoxy) is 4. The molecule has 0 spiro atoms. The number of aliphatic hydroxyl groups excluding tert-OH is 1. The molecule has 4 heterocycles. The van der Waals surface area contributed by atoms with E-state index < -0.39 is 83.4 Å². The number of cyclic esters (lactones) is 1. The van der Waals surface area contributed by atoms with Crippen LogP contribution in [0.1, 0.15) is 80.2 Å². The monoisotopic (exact) mass is 793 g/mol. The van der Waals surface area contributed by atoms with Crippen molar-refractivity contribution in [2.24, 2.45) is 23.7 Å². The van der Waals surface area contributed by atoms with E-state index in [-0.39, 0.29) is 36.8 Å². The molecule has 314 valence electrons. The Bertz CT molecular complexity index is 1810. The summed E-state index contributed by atoms with van der Waals surface area (Å²) in [6.07, 6.45) is -4.73. The smallest absolute Gasteiger partial charge is 0.411 e. The summed E-state index contributed by atoms with van der Waals surface area (Å²) in [6, 6.07) is 13.1. The van der Waals surface area contributed by atoms with Gasteiger partial charge in [-0.25, -0.2) is 4.79 Å². The lowest BCUT2D eigenvalue weighted by molar-refractivity contribution is -0.293. The number of carbonyl (C=O) groups excluding carboxylic acids is 4. The predicted molar refractivity (Wildman–Crippen MR) is 213 cm³/mol. The SMILES string of the molecule is CC[C@H]1OC(=O)[C@H](C)C(=O)[C@H](C)[C@@H](O[C@@H]2O[C@H](C)C[C@H](N(C)C)[C@H]2O)[C@](C)(O)C[C@@H](C)C(=O)[C@H](C)[C@H]2N(C3CN(Cc4cccc5ccccc45)C3)C(=O)O[C@]12C. The zero-order valence-electron chi connectivity index (χ0n) is 35.2. The number of rotatable bonds is 7. The van der Waals surface area contributed by atoms with Crippen LogP contribution in [-0.4, -0.2) is 136 Å². The number of fused-ring (bicyclic) bond motifs is 2. The van der Waals surface area contributed by atoms with Gasteiger partial charge in [0, 0.05) is 43.4 Å². The normalized spacial score (nSPS) is 39.1. The minimum Gasteiger partial charge on any atom is -0.458 e. The van der Waals surface area contributed by atoms with Gasteiger partial charge in [0.1, 0.15) is 23.9 Å². The maximum absolute atomic E-state index is 14.7. The van der Waals surface area contributed by atoms with Crippen LogP contribution in [0.5, 0.6) is 0 Å². The van der Waals surface area contributed by atoms with Crippen molar-refractivity contribution < 1.29 is 48.3 Å². The van der Waals surface area contributed by atoms with Gasteiger partial charge in [0.25, 0.3) is 0 Å². The summed E-state index contributed by atoms with van der Waals surface area (Å²) < 4.78 is 24.8. The van der Waals surface area contributed by atoms with E-state index >= 15 is 0 Å². The van der Waals surface area contributed by atoms with Crippen molar-refractivity contribution in [1.82, 2.24) is 14.7 Å². The Morgan fingerprint density at radius 3 is 2.26 bits per heavy atom. The molecule has 0 aliphatic carbocycles. The third-order valence-corrected chi connectivity index (χ3v) is 13.3. The summed E-state index contributed by atoms with van der Waals surface area (Å²) >= 11 is 0. The number of esters is 1. The van der Waals surface area contributed by atoms with Crippen LogP contribution >= 0.6 is 0 Å². The topological polar surface area (TPSA) is 155 Å². The number of Topliss-reactive ketones (excluding diaryl/α,β-unsaturated/α-hetero) is 2. The molecule has 2 N–H and O–H groups in total. The summed E-state index contributed by atoms with van der Waals surface area (Å²) in [5.74, 6) is -5.48. The molecule has 13 nitrogen and oxygen atoms in total. The number of amides is 1. The second kappa shape index (κ2) is 16.7. The van der Waals surface area contributed by atoms with Crippen LogP contribution in [0, 0.1) is 23.7 Å². The number of ketones is 2. The van der Waals surface area contributed by atoms with Gasteiger partial charge >= 0.3 is 12.1 Å². The van der Waals surface area contributed by atoms with Crippen LogP contribution in [-0.2, 0) is 39.9 Å². The zero-order valence-corrected chi connectivity index (χ0v) is 35.2. The summed E-state index contributed by atoms with van der Waals surface area (Å²) in [5, 5.41) is 26.0. The van der Waals surface area contributed by atoms with Gasteiger partial charge in [-0.15, -0.1) is 0 Å². The molecule has 0 unspecified atom stereocenters. The van der Waals surface area contributed by atoms with E-state index in [4.69, 9.17) is 18.9 Å². The lowest BCUT2D eigenvalue weighted by atomic mass is 9.73. The van der Waals surface area contributed by atoms with Gasteiger partial charge < -0.3 is 34.1 Å². The van der Waals surface area contributed by atoms with E-state index in [9.17, 15) is 29.4 Å². The third kappa shape index (κ3) is 8.25. The molecule has 4 saturated heterocycles. The first-order chi connectivity index (χ1) is 26.8. The quantitative estimate of drug-likeness (QED) is 0.298. The molecule has 1 amide bonds. The van der Waals surface area contributed by atoms with Gasteiger partial charge in [-0.2, -0.15) is 0 Å². The van der Waals surface area contributed by atoms with E-state index in [0.717, 1.165) is 5.39 Å². The fourth-order valence-corrected chi connectivity index (χ4v) is 10.1. The number of likely N-dealkylation sites (tertiary alicyclic amines) is 1. The number of benzene rings is 2. The van der Waals surface area contributed by atoms with E-state index in [1.807, 2.05) is 51.0 Å². The summed E-state index contributed by atoms with van der Waals surface area (Å²) in [6.45, 7) is 15.2. The maximum Gasteiger partial charge on any atom is 0.411 e. The van der Waals surface area contributed by atoms with Crippen molar-refractivity contribution in [2.75, 3.05) is 27.2 Å². The van der Waals surface area contributed by atoms with Crippen molar-refractivity contribution >= 4 is 34.4 Å². The summed E-state index contributed by atoms with van der Waals surface area (Å²) in [4.78, 5) is 62.6. The van der Waals surface area contributed by atoms with E-state index in [1.54, 1.807) is 32.6 Å². The molecule has 6 rings (SSSR count). The van der Waals surface area contributed by atoms with Crippen LogP contribution in [0.2, 0.25) is 0 Å². The molecule has 13 atom stereocenters. The maximum atomic E-state index is 14.7. The predicted octanol–water partition coefficient (Wildman–Crippen LogP) is 4.57. The highest BCUT2D eigenvalue weighted by molar-refractivity contribution is 6.00. The number of likely N-dealkylation sites (N-methyl/N-ethyl adjacent to an activating group) is 1. The Hall–Kier alpha value is -3.46. The number of hydrogen-bond donors (Lipinski definition) is 2. The van der Waals surface area contributed by atoms with Crippen molar-refractivity contribution in [1.29, 1.82) is 0 Å². The number of carbonyl (C=O) groups is 4. The van der Waals surface area contributed by atoms with Crippen LogP contribution in [0.3, 0.4) is 0 Å². The standard InChI is InChI=1S/C44H63N3O10/c1-11-34-44(8)38(47(42(52)57-44)31-22-46(23-31)21-30-17-14-16-29-15-12-13-18-32(29)30)26(4)35(48)24(2)20-43(7,53)39(27(5)36(49)28(6)40(51)55-34)56-41-37(50)33(45(9)10)19-25(3)54-41/h12-18,24-28,31,33-34,37-39,41,50,53H,11,19-23H2,1-10H3/t24-,25-,26+,27+,28-,33+,34-,37-,38-,39-,41+,43-,44-/m1/s1. The molecule has 0 saturated carbocycles. The molecule has 4 aliphatic rings. The Labute approximate surface area is 336 Å². The molecule has 4 aliphatic heterocycles. The van der Waals surface area contributed by atoms with Gasteiger partial charge in [0.05, 0.1) is 29.9 Å². The van der Waals surface area contributed by atoms with Gasteiger partial charge in [0.15, 0.2) is 17.7 Å². The van der Waals surface area contributed by atoms with Crippen LogP contribution < -0.4 is 0 Å². The minimum atomic E-state index is -1.80. The second-order valence-corrected chi connectivity index (χ2v) is 17.9. The fourth-order valence-electron chi connectivity index (χ4n) is 10.1. The Morgan fingerprint density at radius 1 is 0.930 bits per heavy atom. The highest BCUT2D eigenvalue weighted by Gasteiger charge is 2.62. The average molecular weight is 794 g/mol. The van der Waals surface area contributed by atoms with Crippen molar-refractivity contribution in [3.63, 3.8) is 0 Å². The van der Waals surface area contributed by atoms with Crippen molar-refractivity contribution in [2.45, 2.75) is 141 Å². The summed E-state index contributed by atoms with van der Waals surface area (Å²) in [7, 11) is 3.70. The summed E-state index contributed by atoms with van der Waals surface area (Å²) in [5.41, 5.74) is -2.05. The molecule has 4 fully saturated rings. The lowest BCUT2D eigenvalue weighted by Crippen LogP contribution is -2.65. The van der Waals surface area contributed by atoms with Crippen molar-refractivity contribution in [3.8, 4) is 0 Å². The number of aliphatic hydroxyl groups is 2. The van der Waals surface area contributed by atoms with Gasteiger partial charge in [-0.1, -0.05) is 70.2 Å². The molecular weight excluding hydrogens is 730 g/mol. The molecule has 57 heavy (non-hydrogen) atoms. The van der Waals surface area contributed by atoms with E-state index in [1.165, 1.54) is 24.8 Å². The first-order valence-corrected chi connectivity index (χ1v) is 20.6. The Balaban J connectivity index is 1.30. The highest BCUT2D eigenvalue weighted by atomic mass is 16.7. The van der Waals surface area contributed by atoms with Crippen LogP contribution in [0.4, 0.5) is 4.79 Å². The number of hydrogen-bond acceptors (Lipinski definition) is 12. The van der Waals surface area contributed by atoms with Gasteiger partial charge in [-0.3, -0.25) is 24.2 Å². The lowest BCUT2D eigenvalue weighted by Gasteiger charge is -2.48. The largest absolute Gasteiger partial charge is 0.458 e. The molecule has 0 bridgehead atoms. The van der Waals surface area contributed by atoms with Gasteiger partial charge in [-0.05, 0) is 77.4 Å². The molecule has 0 radical (unpaired) electrons. The van der Waals surface area contributed by atoms with Crippen LogP contribution in [0.25, 0.3) is 10.8 Å². The Kier molecular flexibility index (Phi) is 12.6.